The molecule has 0 radical (unpaired) electrons. The van der Waals surface area contributed by atoms with Gasteiger partial charge in [-0.25, -0.2) is 0 Å². The van der Waals surface area contributed by atoms with Gasteiger partial charge in [0.15, 0.2) is 0 Å². The van der Waals surface area contributed by atoms with Crippen molar-refractivity contribution in [2.24, 2.45) is 0 Å². The lowest BCUT2D eigenvalue weighted by molar-refractivity contribution is 0.0819. The molecule has 0 saturated carbocycles. The second-order valence-electron chi connectivity index (χ2n) is 3.72. The van der Waals surface area contributed by atoms with Gasteiger partial charge in [-0.15, -0.1) is 10.2 Å². The molecule has 6 nitrogen and oxygen atoms in total. The van der Waals surface area contributed by atoms with Crippen LogP contribution >= 0.6 is 11.3 Å². The van der Waals surface area contributed by atoms with Crippen LogP contribution in [-0.2, 0) is 4.74 Å². The minimum Gasteiger partial charge on any atom is -0.382 e. The first-order valence-electron chi connectivity index (χ1n) is 4.35. The van der Waals surface area contributed by atoms with Crippen molar-refractivity contribution < 1.29 is 9.53 Å². The van der Waals surface area contributed by atoms with Crippen LogP contribution in [0.3, 0.4) is 0 Å². The van der Waals surface area contributed by atoms with Gasteiger partial charge in [-0.05, 0) is 13.8 Å². The summed E-state index contributed by atoms with van der Waals surface area (Å²) in [6.45, 7) is 4.14. The lowest BCUT2D eigenvalue weighted by atomic mass is 10.1. The van der Waals surface area contributed by atoms with Crippen LogP contribution in [0, 0.1) is 0 Å². The molecule has 0 fully saturated rings. The van der Waals surface area contributed by atoms with E-state index in [0.29, 0.717) is 6.61 Å². The SMILES string of the molecule is COCC(C)(C)NC(=O)c1nnc(N)s1. The molecule has 0 atom stereocenters. The monoisotopic (exact) mass is 230 g/mol. The summed E-state index contributed by atoms with van der Waals surface area (Å²) in [6, 6.07) is 0. The van der Waals surface area contributed by atoms with Crippen LogP contribution in [0.25, 0.3) is 0 Å². The molecule has 0 spiro atoms. The van der Waals surface area contributed by atoms with Gasteiger partial charge in [0.2, 0.25) is 10.1 Å². The predicted molar refractivity (Wildman–Crippen MR) is 57.7 cm³/mol. The zero-order valence-electron chi connectivity index (χ0n) is 8.90. The number of carbonyl (C=O) groups excluding carboxylic acids is 1. The van der Waals surface area contributed by atoms with E-state index in [4.69, 9.17) is 10.5 Å². The molecule has 0 aliphatic rings. The average molecular weight is 230 g/mol. The number of hydrogen-bond donors (Lipinski definition) is 2. The number of nitrogen functional groups attached to an aromatic ring is 1. The van der Waals surface area contributed by atoms with Crippen LogP contribution in [0.1, 0.15) is 23.6 Å². The normalized spacial score (nSPS) is 11.4. The van der Waals surface area contributed by atoms with Crippen LogP contribution in [0.5, 0.6) is 0 Å². The van der Waals surface area contributed by atoms with Gasteiger partial charge in [-0.3, -0.25) is 4.79 Å². The fraction of sp³-hybridized carbons (Fsp3) is 0.625. The van der Waals surface area contributed by atoms with Gasteiger partial charge < -0.3 is 15.8 Å². The highest BCUT2D eigenvalue weighted by atomic mass is 32.1. The number of methoxy groups -OCH3 is 1. The van der Waals surface area contributed by atoms with Crippen molar-refractivity contribution in [3.63, 3.8) is 0 Å². The molecular formula is C8H14N4O2S. The summed E-state index contributed by atoms with van der Waals surface area (Å²) in [5.74, 6) is -0.286. The molecule has 0 aromatic carbocycles. The van der Waals surface area contributed by atoms with Gasteiger partial charge in [0.05, 0.1) is 12.1 Å². The van der Waals surface area contributed by atoms with Crippen molar-refractivity contribution in [2.75, 3.05) is 19.5 Å². The maximum absolute atomic E-state index is 11.6. The number of nitrogens with one attached hydrogen (secondary N) is 1. The van der Waals surface area contributed by atoms with Gasteiger partial charge in [-0.2, -0.15) is 0 Å². The Hall–Kier alpha value is -1.21. The second kappa shape index (κ2) is 4.54. The number of ether oxygens (including phenoxy) is 1. The molecule has 1 aromatic heterocycles. The Labute approximate surface area is 91.8 Å². The Morgan fingerprint density at radius 3 is 2.73 bits per heavy atom. The van der Waals surface area contributed by atoms with E-state index in [1.165, 1.54) is 0 Å². The minimum atomic E-state index is -0.438. The molecule has 1 heterocycles. The molecule has 1 rings (SSSR count). The van der Waals surface area contributed by atoms with Crippen LogP contribution in [-0.4, -0.2) is 35.4 Å². The number of hydrogen-bond acceptors (Lipinski definition) is 6. The Morgan fingerprint density at radius 2 is 2.27 bits per heavy atom. The minimum absolute atomic E-state index is 0.261. The number of amides is 1. The Morgan fingerprint density at radius 1 is 1.60 bits per heavy atom. The van der Waals surface area contributed by atoms with E-state index in [1.54, 1.807) is 7.11 Å². The molecule has 15 heavy (non-hydrogen) atoms. The lowest BCUT2D eigenvalue weighted by Gasteiger charge is -2.24. The first kappa shape index (κ1) is 11.9. The van der Waals surface area contributed by atoms with Crippen molar-refractivity contribution in [3.8, 4) is 0 Å². The summed E-state index contributed by atoms with van der Waals surface area (Å²) < 4.78 is 4.98. The van der Waals surface area contributed by atoms with Crippen LogP contribution in [0.4, 0.5) is 5.13 Å². The molecule has 1 amide bonds. The van der Waals surface area contributed by atoms with E-state index in [0.717, 1.165) is 11.3 Å². The second-order valence-corrected chi connectivity index (χ2v) is 4.73. The van der Waals surface area contributed by atoms with E-state index in [1.807, 2.05) is 13.8 Å². The first-order chi connectivity index (χ1) is 6.94. The Kier molecular flexibility index (Phi) is 3.59. The van der Waals surface area contributed by atoms with E-state index in [9.17, 15) is 4.79 Å². The van der Waals surface area contributed by atoms with E-state index >= 15 is 0 Å². The molecule has 7 heteroatoms. The van der Waals surface area contributed by atoms with Crippen molar-refractivity contribution in [3.05, 3.63) is 5.01 Å². The van der Waals surface area contributed by atoms with Gasteiger partial charge in [0.1, 0.15) is 0 Å². The largest absolute Gasteiger partial charge is 0.382 e. The number of carbonyl (C=O) groups is 1. The fourth-order valence-electron chi connectivity index (χ4n) is 1.08. The Balaban J connectivity index is 2.63. The third-order valence-corrected chi connectivity index (χ3v) is 2.34. The molecule has 0 aliphatic heterocycles. The predicted octanol–water partition coefficient (Wildman–Crippen LogP) is 0.275. The quantitative estimate of drug-likeness (QED) is 0.775. The van der Waals surface area contributed by atoms with Gasteiger partial charge >= 0.3 is 0 Å². The Bertz CT molecular complexity index is 350. The maximum Gasteiger partial charge on any atom is 0.282 e. The van der Waals surface area contributed by atoms with Crippen molar-refractivity contribution >= 4 is 22.4 Å². The molecule has 0 aliphatic carbocycles. The smallest absolute Gasteiger partial charge is 0.282 e. The number of rotatable bonds is 4. The van der Waals surface area contributed by atoms with Crippen LogP contribution in [0.15, 0.2) is 0 Å². The number of nitrogens with zero attached hydrogens (tertiary/aromatic N) is 2. The summed E-state index contributed by atoms with van der Waals surface area (Å²) >= 11 is 1.06. The molecular weight excluding hydrogens is 216 g/mol. The number of anilines is 1. The maximum atomic E-state index is 11.6. The van der Waals surface area contributed by atoms with Gasteiger partial charge in [0.25, 0.3) is 5.91 Å². The molecule has 84 valence electrons. The molecule has 0 unspecified atom stereocenters. The third-order valence-electron chi connectivity index (χ3n) is 1.59. The zero-order chi connectivity index (χ0) is 11.5. The van der Waals surface area contributed by atoms with Crippen LogP contribution in [0.2, 0.25) is 0 Å². The van der Waals surface area contributed by atoms with Crippen molar-refractivity contribution in [2.45, 2.75) is 19.4 Å². The van der Waals surface area contributed by atoms with Crippen LogP contribution < -0.4 is 11.1 Å². The summed E-state index contributed by atoms with van der Waals surface area (Å²) in [5.41, 5.74) is 4.94. The topological polar surface area (TPSA) is 90.1 Å². The van der Waals surface area contributed by atoms with E-state index < -0.39 is 5.54 Å². The van der Waals surface area contributed by atoms with E-state index in [-0.39, 0.29) is 16.0 Å². The van der Waals surface area contributed by atoms with Crippen molar-refractivity contribution in [1.82, 2.24) is 15.5 Å². The molecule has 0 bridgehead atoms. The summed E-state index contributed by atoms with van der Waals surface area (Å²) in [7, 11) is 1.58. The fourth-order valence-corrected chi connectivity index (χ4v) is 1.59. The molecule has 3 N–H and O–H groups in total. The summed E-state index contributed by atoms with van der Waals surface area (Å²) in [6.07, 6.45) is 0. The molecule has 1 aromatic rings. The standard InChI is InChI=1S/C8H14N4O2S/c1-8(2,4-14-3)10-5(13)6-11-12-7(9)15-6/h4H2,1-3H3,(H2,9,12)(H,10,13). The summed E-state index contributed by atoms with van der Waals surface area (Å²) in [5, 5.41) is 10.5. The summed E-state index contributed by atoms with van der Waals surface area (Å²) in [4.78, 5) is 11.6. The highest BCUT2D eigenvalue weighted by Gasteiger charge is 2.22. The third kappa shape index (κ3) is 3.45. The number of nitrogens with two attached hydrogens (primary N) is 1. The van der Waals surface area contributed by atoms with Crippen molar-refractivity contribution in [1.29, 1.82) is 0 Å². The van der Waals surface area contributed by atoms with Gasteiger partial charge in [0, 0.05) is 7.11 Å². The average Bonchev–Trinajstić information content (AvgIpc) is 2.50. The first-order valence-corrected chi connectivity index (χ1v) is 5.17. The highest BCUT2D eigenvalue weighted by Crippen LogP contribution is 2.12. The van der Waals surface area contributed by atoms with Gasteiger partial charge in [-0.1, -0.05) is 11.3 Å². The lowest BCUT2D eigenvalue weighted by Crippen LogP contribution is -2.46. The molecule has 0 saturated heterocycles. The van der Waals surface area contributed by atoms with E-state index in [2.05, 4.69) is 15.5 Å². The number of aromatic nitrogens is 2. The zero-order valence-corrected chi connectivity index (χ0v) is 9.72. The highest BCUT2D eigenvalue weighted by molar-refractivity contribution is 7.16.